The van der Waals surface area contributed by atoms with Gasteiger partial charge in [0.1, 0.15) is 12.6 Å². The Morgan fingerprint density at radius 3 is 2.00 bits per heavy atom. The number of carbonyl (C=O) groups is 2. The summed E-state index contributed by atoms with van der Waals surface area (Å²) in [5.74, 6) is -1.01. The maximum atomic E-state index is 14.6. The molecule has 0 fully saturated rings. The highest BCUT2D eigenvalue weighted by Gasteiger charge is 2.35. The smallest absolute Gasteiger partial charge is 0.264 e. The van der Waals surface area contributed by atoms with Gasteiger partial charge >= 0.3 is 0 Å². The third-order valence-electron chi connectivity index (χ3n) is 7.16. The van der Waals surface area contributed by atoms with Gasteiger partial charge in [-0.25, -0.2) is 8.42 Å². The summed E-state index contributed by atoms with van der Waals surface area (Å²) in [5.41, 5.74) is 2.21. The van der Waals surface area contributed by atoms with Gasteiger partial charge in [0.05, 0.1) is 10.6 Å². The molecular formula is C34H34Cl3N3O4S. The molecule has 0 radical (unpaired) electrons. The van der Waals surface area contributed by atoms with Crippen molar-refractivity contribution < 1.29 is 18.0 Å². The van der Waals surface area contributed by atoms with E-state index in [1.165, 1.54) is 29.2 Å². The van der Waals surface area contributed by atoms with Crippen LogP contribution in [0.15, 0.2) is 102 Å². The van der Waals surface area contributed by atoms with Crippen LogP contribution in [0.1, 0.15) is 30.5 Å². The van der Waals surface area contributed by atoms with Crippen molar-refractivity contribution in [1.29, 1.82) is 0 Å². The zero-order valence-electron chi connectivity index (χ0n) is 25.1. The van der Waals surface area contributed by atoms with Gasteiger partial charge < -0.3 is 10.2 Å². The predicted octanol–water partition coefficient (Wildman–Crippen LogP) is 7.32. The molecule has 0 aliphatic heterocycles. The molecule has 0 heterocycles. The number of sulfonamides is 1. The molecule has 4 aromatic carbocycles. The Balaban J connectivity index is 1.85. The minimum Gasteiger partial charge on any atom is -0.352 e. The van der Waals surface area contributed by atoms with E-state index < -0.39 is 34.4 Å². The lowest BCUT2D eigenvalue weighted by Gasteiger charge is -2.34. The van der Waals surface area contributed by atoms with E-state index in [9.17, 15) is 18.0 Å². The highest BCUT2D eigenvalue weighted by molar-refractivity contribution is 7.92. The van der Waals surface area contributed by atoms with Crippen LogP contribution in [-0.2, 0) is 32.6 Å². The number of nitrogens with zero attached hydrogens (tertiary/aromatic N) is 2. The van der Waals surface area contributed by atoms with Crippen LogP contribution in [0.5, 0.6) is 0 Å². The summed E-state index contributed by atoms with van der Waals surface area (Å²) in [7, 11) is -4.26. The second kappa shape index (κ2) is 15.1. The van der Waals surface area contributed by atoms with Gasteiger partial charge in [-0.3, -0.25) is 13.9 Å². The molecule has 4 rings (SSSR count). The Morgan fingerprint density at radius 2 is 1.40 bits per heavy atom. The van der Waals surface area contributed by atoms with E-state index in [4.69, 9.17) is 34.8 Å². The lowest BCUT2D eigenvalue weighted by atomic mass is 10.0. The van der Waals surface area contributed by atoms with Crippen molar-refractivity contribution >= 4 is 62.3 Å². The maximum Gasteiger partial charge on any atom is 0.264 e. The Hall–Kier alpha value is -3.56. The second-order valence-corrected chi connectivity index (χ2v) is 14.0. The lowest BCUT2D eigenvalue weighted by molar-refractivity contribution is -0.140. The number of carbonyl (C=O) groups excluding carboxylic acids is 2. The van der Waals surface area contributed by atoms with Gasteiger partial charge in [0.2, 0.25) is 11.8 Å². The minimum atomic E-state index is -4.26. The molecule has 0 unspecified atom stereocenters. The van der Waals surface area contributed by atoms with Crippen molar-refractivity contribution in [3.63, 3.8) is 0 Å². The first-order chi connectivity index (χ1) is 21.4. The van der Waals surface area contributed by atoms with Crippen molar-refractivity contribution in [3.8, 4) is 0 Å². The monoisotopic (exact) mass is 685 g/mol. The average molecular weight is 687 g/mol. The average Bonchev–Trinajstić information content (AvgIpc) is 2.99. The van der Waals surface area contributed by atoms with Gasteiger partial charge in [0.25, 0.3) is 10.0 Å². The molecule has 0 aromatic heterocycles. The number of aryl methyl sites for hydroxylation is 1. The first-order valence-electron chi connectivity index (χ1n) is 14.3. The summed E-state index contributed by atoms with van der Waals surface area (Å²) < 4.78 is 29.4. The van der Waals surface area contributed by atoms with Gasteiger partial charge in [-0.15, -0.1) is 0 Å². The number of rotatable bonds is 12. The molecule has 0 aliphatic carbocycles. The standard InChI is InChI=1S/C34H34Cl3N3O4S/c1-23(2)38-34(42)32(20-25-11-5-4-6-12-25)39(21-28-29(36)13-9-14-30(28)37)33(41)22-40(31-15-8-7-10-24(31)3)45(43,44)27-18-16-26(35)17-19-27/h4-19,23,32H,20-22H2,1-3H3,(H,38,42)/t32-/m0/s1. The Kier molecular flexibility index (Phi) is 11.6. The fourth-order valence-corrected chi connectivity index (χ4v) is 7.00. The van der Waals surface area contributed by atoms with Crippen LogP contribution in [-0.4, -0.2) is 43.8 Å². The maximum absolute atomic E-state index is 14.6. The largest absolute Gasteiger partial charge is 0.352 e. The van der Waals surface area contributed by atoms with Gasteiger partial charge in [-0.2, -0.15) is 0 Å². The zero-order chi connectivity index (χ0) is 32.7. The van der Waals surface area contributed by atoms with Crippen molar-refractivity contribution in [3.05, 3.63) is 129 Å². The van der Waals surface area contributed by atoms with E-state index >= 15 is 0 Å². The van der Waals surface area contributed by atoms with Gasteiger partial charge in [0, 0.05) is 39.6 Å². The normalized spacial score (nSPS) is 12.1. The molecule has 0 bridgehead atoms. The number of nitrogens with one attached hydrogen (secondary N) is 1. The van der Waals surface area contributed by atoms with Crippen LogP contribution in [0, 0.1) is 6.92 Å². The molecule has 0 saturated heterocycles. The van der Waals surface area contributed by atoms with Crippen LogP contribution in [0.25, 0.3) is 0 Å². The van der Waals surface area contributed by atoms with E-state index in [1.54, 1.807) is 49.4 Å². The van der Waals surface area contributed by atoms with Crippen LogP contribution < -0.4 is 9.62 Å². The summed E-state index contributed by atoms with van der Waals surface area (Å²) in [6.07, 6.45) is 0.168. The third-order valence-corrected chi connectivity index (χ3v) is 9.89. The van der Waals surface area contributed by atoms with E-state index in [1.807, 2.05) is 44.2 Å². The number of para-hydroxylation sites is 1. The highest BCUT2D eigenvalue weighted by Crippen LogP contribution is 2.30. The molecule has 2 amide bonds. The Labute approximate surface area is 279 Å². The molecule has 4 aromatic rings. The van der Waals surface area contributed by atoms with Gasteiger partial charge in [-0.05, 0) is 74.4 Å². The molecule has 11 heteroatoms. The SMILES string of the molecule is Cc1ccccc1N(CC(=O)N(Cc1c(Cl)cccc1Cl)[C@@H](Cc1ccccc1)C(=O)NC(C)C)S(=O)(=O)c1ccc(Cl)cc1. The number of anilines is 1. The summed E-state index contributed by atoms with van der Waals surface area (Å²) in [4.78, 5) is 29.7. The third kappa shape index (κ3) is 8.58. The minimum absolute atomic E-state index is 0.0398. The van der Waals surface area contributed by atoms with E-state index in [0.717, 1.165) is 9.87 Å². The Morgan fingerprint density at radius 1 is 0.800 bits per heavy atom. The Bertz CT molecular complexity index is 1730. The number of benzene rings is 4. The zero-order valence-corrected chi connectivity index (χ0v) is 28.2. The van der Waals surface area contributed by atoms with E-state index in [0.29, 0.717) is 31.9 Å². The molecule has 236 valence electrons. The van der Waals surface area contributed by atoms with Crippen molar-refractivity contribution in [2.24, 2.45) is 0 Å². The molecule has 1 atom stereocenters. The highest BCUT2D eigenvalue weighted by atomic mass is 35.5. The van der Waals surface area contributed by atoms with Crippen LogP contribution in [0.2, 0.25) is 15.1 Å². The van der Waals surface area contributed by atoms with E-state index in [-0.39, 0.29) is 23.9 Å². The summed E-state index contributed by atoms with van der Waals surface area (Å²) in [6, 6.07) is 25.7. The molecule has 0 saturated carbocycles. The van der Waals surface area contributed by atoms with Crippen LogP contribution in [0.4, 0.5) is 5.69 Å². The number of halogens is 3. The summed E-state index contributed by atoms with van der Waals surface area (Å²) >= 11 is 19.2. The molecular weight excluding hydrogens is 653 g/mol. The topological polar surface area (TPSA) is 86.8 Å². The number of hydrogen-bond donors (Lipinski definition) is 1. The molecule has 1 N–H and O–H groups in total. The summed E-state index contributed by atoms with van der Waals surface area (Å²) in [6.45, 7) is 4.68. The van der Waals surface area contributed by atoms with Crippen LogP contribution in [0.3, 0.4) is 0 Å². The summed E-state index contributed by atoms with van der Waals surface area (Å²) in [5, 5.41) is 3.92. The second-order valence-electron chi connectivity index (χ2n) is 10.8. The van der Waals surface area contributed by atoms with Crippen molar-refractivity contribution in [1.82, 2.24) is 10.2 Å². The van der Waals surface area contributed by atoms with Gasteiger partial charge in [-0.1, -0.05) is 89.4 Å². The molecule has 7 nitrogen and oxygen atoms in total. The first kappa shape index (κ1) is 34.3. The fourth-order valence-electron chi connectivity index (χ4n) is 4.88. The number of amides is 2. The van der Waals surface area contributed by atoms with Crippen molar-refractivity contribution in [2.45, 2.75) is 50.7 Å². The van der Waals surface area contributed by atoms with E-state index in [2.05, 4.69) is 5.32 Å². The molecule has 45 heavy (non-hydrogen) atoms. The van der Waals surface area contributed by atoms with Gasteiger partial charge in [0.15, 0.2) is 0 Å². The van der Waals surface area contributed by atoms with Crippen molar-refractivity contribution in [2.75, 3.05) is 10.8 Å². The lowest BCUT2D eigenvalue weighted by Crippen LogP contribution is -2.54. The quantitative estimate of drug-likeness (QED) is 0.169. The fraction of sp³-hybridized carbons (Fsp3) is 0.235. The van der Waals surface area contributed by atoms with Crippen LogP contribution >= 0.6 is 34.8 Å². The molecule has 0 aliphatic rings. The molecule has 0 spiro atoms. The predicted molar refractivity (Wildman–Crippen MR) is 181 cm³/mol. The number of hydrogen-bond acceptors (Lipinski definition) is 4. The first-order valence-corrected chi connectivity index (χ1v) is 16.9.